The van der Waals surface area contributed by atoms with E-state index in [1.54, 1.807) is 0 Å². The highest BCUT2D eigenvalue weighted by Gasteiger charge is 2.16. The molecular weight excluding hydrogens is 471 g/mol. The summed E-state index contributed by atoms with van der Waals surface area (Å²) < 4.78 is 6.60. The van der Waals surface area contributed by atoms with E-state index in [2.05, 4.69) is 72.8 Å². The van der Waals surface area contributed by atoms with Crippen molar-refractivity contribution in [2.75, 3.05) is 0 Å². The summed E-state index contributed by atoms with van der Waals surface area (Å²) in [5.74, 6) is 0.920. The first-order chi connectivity index (χ1) is 18.3. The minimum Gasteiger partial charge on any atom is -0.488 e. The van der Waals surface area contributed by atoms with Crippen LogP contribution < -0.4 is 15.3 Å². The van der Waals surface area contributed by atoms with Crippen molar-refractivity contribution in [3.63, 3.8) is 0 Å². The van der Waals surface area contributed by atoms with E-state index in [9.17, 15) is 4.79 Å². The fourth-order valence-electron chi connectivity index (χ4n) is 4.49. The number of ether oxygens (including phenoxy) is 1. The first-order valence-electron chi connectivity index (χ1n) is 12.5. The van der Waals surface area contributed by atoms with Gasteiger partial charge in [-0.15, -0.1) is 0 Å². The van der Waals surface area contributed by atoms with Crippen LogP contribution in [0.25, 0.3) is 0 Å². The molecule has 0 bridgehead atoms. The van der Waals surface area contributed by atoms with Gasteiger partial charge in [0.05, 0.1) is 0 Å². The first kappa shape index (κ1) is 24.7. The summed E-state index contributed by atoms with van der Waals surface area (Å²) in [6, 6.07) is 43.8. The second kappa shape index (κ2) is 12.3. The van der Waals surface area contributed by atoms with Crippen LogP contribution >= 0.6 is 8.58 Å². The van der Waals surface area contributed by atoms with Crippen molar-refractivity contribution in [1.29, 1.82) is 0 Å². The number of hydrogen-bond acceptors (Lipinski definition) is 2. The Morgan fingerprint density at radius 3 is 1.78 bits per heavy atom. The summed E-state index contributed by atoms with van der Waals surface area (Å²) in [4.78, 5) is 11.8. The second-order valence-electron chi connectivity index (χ2n) is 9.06. The zero-order valence-corrected chi connectivity index (χ0v) is 21.6. The lowest BCUT2D eigenvalue weighted by Gasteiger charge is -2.19. The lowest BCUT2D eigenvalue weighted by atomic mass is 9.98. The van der Waals surface area contributed by atoms with Gasteiger partial charge in [-0.25, -0.2) is 0 Å². The van der Waals surface area contributed by atoms with E-state index in [0.29, 0.717) is 15.2 Å². The standard InChI is InChI=1S/C34H29O2P/c35-24-30-18-10-11-19-32(30)37-33-23-29(20-26-12-4-1-5-13-26)22-31(21-27-14-6-2-7-15-27)34(33)36-25-28-16-8-3-9-17-28/h1-19,22-24,37H,20-21,25H2. The van der Waals surface area contributed by atoms with E-state index in [4.69, 9.17) is 4.74 Å². The molecule has 0 heterocycles. The van der Waals surface area contributed by atoms with Crippen molar-refractivity contribution in [2.45, 2.75) is 19.4 Å². The minimum absolute atomic E-state index is 0.307. The Balaban J connectivity index is 1.59. The van der Waals surface area contributed by atoms with Crippen molar-refractivity contribution in [1.82, 2.24) is 0 Å². The molecule has 5 aromatic rings. The quantitative estimate of drug-likeness (QED) is 0.154. The van der Waals surface area contributed by atoms with Gasteiger partial charge in [-0.1, -0.05) is 130 Å². The molecule has 0 amide bonds. The molecule has 182 valence electrons. The van der Waals surface area contributed by atoms with Crippen LogP contribution in [0.5, 0.6) is 5.75 Å². The molecule has 37 heavy (non-hydrogen) atoms. The minimum atomic E-state index is 0.307. The molecule has 0 N–H and O–H groups in total. The van der Waals surface area contributed by atoms with E-state index in [1.165, 1.54) is 22.3 Å². The summed E-state index contributed by atoms with van der Waals surface area (Å²) in [6.45, 7) is 0.494. The normalized spacial score (nSPS) is 11.0. The molecule has 5 rings (SSSR count). The molecule has 0 radical (unpaired) electrons. The number of benzene rings is 5. The SMILES string of the molecule is O=Cc1ccccc1Pc1cc(Cc2ccccc2)cc(Cc2ccccc2)c1OCc1ccccc1. The van der Waals surface area contributed by atoms with Gasteiger partial charge in [0.15, 0.2) is 6.29 Å². The summed E-state index contributed by atoms with van der Waals surface area (Å²) >= 11 is 0. The Hall–Kier alpha value is -4.00. The monoisotopic (exact) mass is 500 g/mol. The highest BCUT2D eigenvalue weighted by atomic mass is 31.1. The van der Waals surface area contributed by atoms with Crippen LogP contribution in [0.2, 0.25) is 0 Å². The molecule has 0 fully saturated rings. The molecule has 3 heteroatoms. The first-order valence-corrected chi connectivity index (χ1v) is 13.5. The number of hydrogen-bond donors (Lipinski definition) is 0. The Labute approximate surface area is 220 Å². The predicted octanol–water partition coefficient (Wildman–Crippen LogP) is 6.89. The fourth-order valence-corrected chi connectivity index (χ4v) is 5.85. The summed E-state index contributed by atoms with van der Waals surface area (Å²) in [5, 5.41) is 2.16. The van der Waals surface area contributed by atoms with Gasteiger partial charge < -0.3 is 4.74 Å². The van der Waals surface area contributed by atoms with Crippen molar-refractivity contribution < 1.29 is 9.53 Å². The van der Waals surface area contributed by atoms with Crippen LogP contribution in [-0.2, 0) is 19.4 Å². The molecule has 1 atom stereocenters. The Morgan fingerprint density at radius 1 is 0.568 bits per heavy atom. The van der Waals surface area contributed by atoms with E-state index in [-0.39, 0.29) is 0 Å². The number of aldehydes is 1. The average Bonchev–Trinajstić information content (AvgIpc) is 2.95. The maximum atomic E-state index is 11.8. The fraction of sp³-hybridized carbons (Fsp3) is 0.0882. The summed E-state index contributed by atoms with van der Waals surface area (Å²) in [5.41, 5.74) is 6.79. The molecule has 0 saturated heterocycles. The topological polar surface area (TPSA) is 26.3 Å². The van der Waals surface area contributed by atoms with Gasteiger partial charge in [0.25, 0.3) is 0 Å². The van der Waals surface area contributed by atoms with Gasteiger partial charge >= 0.3 is 0 Å². The molecule has 0 aliphatic rings. The molecule has 0 aliphatic heterocycles. The third kappa shape index (κ3) is 6.61. The smallest absolute Gasteiger partial charge is 0.150 e. The lowest BCUT2D eigenvalue weighted by molar-refractivity contribution is 0.112. The van der Waals surface area contributed by atoms with Crippen LogP contribution in [0, 0.1) is 0 Å². The number of carbonyl (C=O) groups is 1. The molecule has 5 aromatic carbocycles. The van der Waals surface area contributed by atoms with Crippen LogP contribution in [0.3, 0.4) is 0 Å². The van der Waals surface area contributed by atoms with Gasteiger partial charge in [0, 0.05) is 17.3 Å². The van der Waals surface area contributed by atoms with E-state index >= 15 is 0 Å². The Bertz CT molecular complexity index is 1450. The second-order valence-corrected chi connectivity index (χ2v) is 10.4. The predicted molar refractivity (Wildman–Crippen MR) is 155 cm³/mol. The molecule has 0 aliphatic carbocycles. The van der Waals surface area contributed by atoms with Gasteiger partial charge in [-0.2, -0.15) is 0 Å². The zero-order valence-electron chi connectivity index (χ0n) is 20.6. The lowest BCUT2D eigenvalue weighted by Crippen LogP contribution is -2.15. The number of rotatable bonds is 10. The van der Waals surface area contributed by atoms with Gasteiger partial charge in [-0.3, -0.25) is 4.79 Å². The maximum Gasteiger partial charge on any atom is 0.150 e. The maximum absolute atomic E-state index is 11.8. The summed E-state index contributed by atoms with van der Waals surface area (Å²) in [7, 11) is 0.307. The van der Waals surface area contributed by atoms with Crippen molar-refractivity contribution >= 4 is 25.5 Å². The average molecular weight is 501 g/mol. The van der Waals surface area contributed by atoms with E-state index in [0.717, 1.165) is 46.6 Å². The highest BCUT2D eigenvalue weighted by molar-refractivity contribution is 7.56. The molecule has 0 spiro atoms. The molecular formula is C34H29O2P. The Morgan fingerprint density at radius 2 is 1.14 bits per heavy atom. The Kier molecular flexibility index (Phi) is 8.21. The van der Waals surface area contributed by atoms with E-state index in [1.807, 2.05) is 54.6 Å². The van der Waals surface area contributed by atoms with Gasteiger partial charge in [-0.05, 0) is 45.6 Å². The highest BCUT2D eigenvalue weighted by Crippen LogP contribution is 2.30. The van der Waals surface area contributed by atoms with Crippen molar-refractivity contribution in [3.05, 3.63) is 161 Å². The van der Waals surface area contributed by atoms with Crippen LogP contribution in [0.15, 0.2) is 127 Å². The van der Waals surface area contributed by atoms with Gasteiger partial charge in [0.2, 0.25) is 0 Å². The van der Waals surface area contributed by atoms with Crippen LogP contribution in [0.1, 0.15) is 38.2 Å². The summed E-state index contributed by atoms with van der Waals surface area (Å²) in [6.07, 6.45) is 2.57. The third-order valence-electron chi connectivity index (χ3n) is 6.30. The van der Waals surface area contributed by atoms with Crippen LogP contribution in [-0.4, -0.2) is 6.29 Å². The van der Waals surface area contributed by atoms with Crippen molar-refractivity contribution in [2.24, 2.45) is 0 Å². The molecule has 0 saturated carbocycles. The third-order valence-corrected chi connectivity index (χ3v) is 7.66. The number of carbonyl (C=O) groups excluding carboxylic acids is 1. The molecule has 2 nitrogen and oxygen atoms in total. The largest absolute Gasteiger partial charge is 0.488 e. The van der Waals surface area contributed by atoms with Crippen molar-refractivity contribution in [3.8, 4) is 5.75 Å². The van der Waals surface area contributed by atoms with Gasteiger partial charge in [0.1, 0.15) is 12.4 Å². The molecule has 1 unspecified atom stereocenters. The zero-order chi connectivity index (χ0) is 25.3. The van der Waals surface area contributed by atoms with Crippen LogP contribution in [0.4, 0.5) is 0 Å². The molecule has 0 aromatic heterocycles. The van der Waals surface area contributed by atoms with E-state index < -0.39 is 0 Å².